The number of carbonyl (C=O) groups is 5. The van der Waals surface area contributed by atoms with Gasteiger partial charge in [-0.1, -0.05) is 31.5 Å². The molecule has 12 nitrogen and oxygen atoms in total. The molecule has 2 N–H and O–H groups in total. The number of fused-ring (bicyclic) bond motifs is 2. The predicted molar refractivity (Wildman–Crippen MR) is 168 cm³/mol. The Kier molecular flexibility index (Phi) is 7.51. The van der Waals surface area contributed by atoms with E-state index in [4.69, 9.17) is 11.6 Å². The van der Waals surface area contributed by atoms with Crippen LogP contribution in [0.15, 0.2) is 36.7 Å². The Bertz CT molecular complexity index is 1810. The third kappa shape index (κ3) is 5.49. The van der Waals surface area contributed by atoms with Crippen LogP contribution in [0.5, 0.6) is 0 Å². The van der Waals surface area contributed by atoms with Crippen molar-refractivity contribution in [2.45, 2.75) is 65.1 Å². The van der Waals surface area contributed by atoms with Gasteiger partial charge in [-0.25, -0.2) is 4.98 Å². The van der Waals surface area contributed by atoms with Crippen molar-refractivity contribution in [2.75, 3.05) is 18.4 Å². The number of anilines is 1. The number of hydrogen-bond acceptors (Lipinski definition) is 8. The first-order valence-electron chi connectivity index (χ1n) is 15.6. The molecule has 0 bridgehead atoms. The monoisotopic (exact) mass is 643 g/mol. The molecule has 1 unspecified atom stereocenters. The zero-order valence-electron chi connectivity index (χ0n) is 25.6. The molecular weight excluding hydrogens is 610 g/mol. The number of pyridine rings is 1. The summed E-state index contributed by atoms with van der Waals surface area (Å²) in [5.74, 6) is -1.89. The predicted octanol–water partition coefficient (Wildman–Crippen LogP) is 3.43. The fourth-order valence-electron chi connectivity index (χ4n) is 7.04. The largest absolute Gasteiger partial charge is 0.310 e. The molecule has 7 rings (SSSR count). The van der Waals surface area contributed by atoms with Crippen molar-refractivity contribution >= 4 is 47.0 Å². The van der Waals surface area contributed by atoms with Crippen LogP contribution in [0.25, 0.3) is 11.1 Å². The summed E-state index contributed by atoms with van der Waals surface area (Å²) in [4.78, 5) is 70.9. The van der Waals surface area contributed by atoms with Crippen molar-refractivity contribution in [3.63, 3.8) is 0 Å². The van der Waals surface area contributed by atoms with E-state index in [1.165, 1.54) is 0 Å². The summed E-state index contributed by atoms with van der Waals surface area (Å²) in [6.07, 6.45) is 5.79. The lowest BCUT2D eigenvalue weighted by molar-refractivity contribution is -0.136. The summed E-state index contributed by atoms with van der Waals surface area (Å²) in [6, 6.07) is 5.98. The molecule has 1 atom stereocenters. The van der Waals surface area contributed by atoms with E-state index in [1.54, 1.807) is 18.3 Å². The first-order valence-corrected chi connectivity index (χ1v) is 15.9. The van der Waals surface area contributed by atoms with Crippen molar-refractivity contribution in [3.05, 3.63) is 64.1 Å². The van der Waals surface area contributed by atoms with Crippen molar-refractivity contribution in [1.82, 2.24) is 29.9 Å². The maximum atomic E-state index is 13.2. The standard InChI is InChI=1S/C33H34ClN7O5/c1-33(2)13-26-23(14-36-40(26)17-33)21-12-27(35-15-24(21)34)37-29(43)19-7-9-39(10-8-19)16-18-3-4-20-22(11-18)32(46)41(31(20)45)25-5-6-28(42)38-30(25)44/h3-4,11-12,14-15,19,25H,5-10,13,16-17H2,1-2H3,(H,35,37,43)(H,38,42,44). The van der Waals surface area contributed by atoms with Gasteiger partial charge in [0.1, 0.15) is 11.9 Å². The van der Waals surface area contributed by atoms with Crippen LogP contribution in [0.4, 0.5) is 5.82 Å². The Morgan fingerprint density at radius 2 is 1.76 bits per heavy atom. The summed E-state index contributed by atoms with van der Waals surface area (Å²) in [7, 11) is 0. The fourth-order valence-corrected chi connectivity index (χ4v) is 7.25. The second-order valence-electron chi connectivity index (χ2n) is 13.4. The first-order chi connectivity index (χ1) is 22.0. The van der Waals surface area contributed by atoms with Crippen LogP contribution < -0.4 is 10.6 Å². The maximum absolute atomic E-state index is 13.2. The molecule has 5 amide bonds. The molecule has 0 spiro atoms. The molecule has 0 aliphatic carbocycles. The van der Waals surface area contributed by atoms with Gasteiger partial charge in [-0.3, -0.25) is 43.8 Å². The number of carbonyl (C=O) groups excluding carboxylic acids is 5. The van der Waals surface area contributed by atoms with Crippen LogP contribution in [0.3, 0.4) is 0 Å². The van der Waals surface area contributed by atoms with Gasteiger partial charge in [-0.15, -0.1) is 0 Å². The number of benzene rings is 1. The summed E-state index contributed by atoms with van der Waals surface area (Å²) in [5.41, 5.74) is 4.41. The highest BCUT2D eigenvalue weighted by Crippen LogP contribution is 2.39. The molecule has 46 heavy (non-hydrogen) atoms. The molecule has 0 saturated carbocycles. The summed E-state index contributed by atoms with van der Waals surface area (Å²) >= 11 is 6.55. The fraction of sp³-hybridized carbons (Fsp3) is 0.424. The van der Waals surface area contributed by atoms with Crippen molar-refractivity contribution in [3.8, 4) is 11.1 Å². The Labute approximate surface area is 270 Å². The number of amides is 5. The number of likely N-dealkylation sites (tertiary alicyclic amines) is 1. The van der Waals surface area contributed by atoms with Crippen LogP contribution in [-0.4, -0.2) is 73.2 Å². The number of halogens is 1. The molecule has 3 aromatic rings. The minimum atomic E-state index is -0.993. The highest BCUT2D eigenvalue weighted by atomic mass is 35.5. The van der Waals surface area contributed by atoms with Crippen LogP contribution in [0.2, 0.25) is 5.02 Å². The van der Waals surface area contributed by atoms with Gasteiger partial charge in [0.05, 0.1) is 22.3 Å². The number of hydrogen-bond donors (Lipinski definition) is 2. The lowest BCUT2D eigenvalue weighted by Crippen LogP contribution is -2.54. The van der Waals surface area contributed by atoms with E-state index >= 15 is 0 Å². The van der Waals surface area contributed by atoms with E-state index < -0.39 is 29.7 Å². The number of aromatic nitrogens is 3. The number of nitrogens with zero attached hydrogens (tertiary/aromatic N) is 5. The highest BCUT2D eigenvalue weighted by molar-refractivity contribution is 6.33. The number of rotatable bonds is 6. The van der Waals surface area contributed by atoms with Crippen LogP contribution in [-0.2, 0) is 33.9 Å². The molecule has 2 aromatic heterocycles. The quantitative estimate of drug-likeness (QED) is 0.389. The van der Waals surface area contributed by atoms with Crippen LogP contribution in [0.1, 0.15) is 71.5 Å². The average Bonchev–Trinajstić information content (AvgIpc) is 3.62. The first kappa shape index (κ1) is 30.2. The van der Waals surface area contributed by atoms with Crippen molar-refractivity contribution in [1.29, 1.82) is 0 Å². The van der Waals surface area contributed by atoms with E-state index in [1.807, 2.05) is 23.0 Å². The lowest BCUT2D eigenvalue weighted by Gasteiger charge is -2.31. The summed E-state index contributed by atoms with van der Waals surface area (Å²) in [5, 5.41) is 10.3. The van der Waals surface area contributed by atoms with Crippen molar-refractivity contribution < 1.29 is 24.0 Å². The molecular formula is C33H34ClN7O5. The van der Waals surface area contributed by atoms with Gasteiger partial charge in [0.2, 0.25) is 17.7 Å². The summed E-state index contributed by atoms with van der Waals surface area (Å²) < 4.78 is 2.02. The minimum absolute atomic E-state index is 0.0756. The van der Waals surface area contributed by atoms with Gasteiger partial charge in [0, 0.05) is 48.4 Å². The molecule has 2 saturated heterocycles. The molecule has 2 fully saturated rings. The van der Waals surface area contributed by atoms with Gasteiger partial charge in [0.15, 0.2) is 0 Å². The molecule has 1 aromatic carbocycles. The molecule has 13 heteroatoms. The highest BCUT2D eigenvalue weighted by Gasteiger charge is 2.44. The number of piperidine rings is 2. The Balaban J connectivity index is 0.962. The van der Waals surface area contributed by atoms with E-state index in [2.05, 4.69) is 39.5 Å². The third-order valence-corrected chi connectivity index (χ3v) is 9.74. The van der Waals surface area contributed by atoms with Gasteiger partial charge in [-0.2, -0.15) is 5.10 Å². The Hall–Kier alpha value is -4.42. The number of nitrogens with one attached hydrogen (secondary N) is 2. The molecule has 0 radical (unpaired) electrons. The van der Waals surface area contributed by atoms with E-state index in [9.17, 15) is 24.0 Å². The second-order valence-corrected chi connectivity index (χ2v) is 13.8. The van der Waals surface area contributed by atoms with Gasteiger partial charge < -0.3 is 5.32 Å². The lowest BCUT2D eigenvalue weighted by atomic mass is 9.89. The van der Waals surface area contributed by atoms with E-state index in [-0.39, 0.29) is 41.2 Å². The normalized spacial score (nSPS) is 21.4. The van der Waals surface area contributed by atoms with Gasteiger partial charge in [-0.05, 0) is 68.0 Å². The molecule has 238 valence electrons. The zero-order valence-corrected chi connectivity index (χ0v) is 26.4. The van der Waals surface area contributed by atoms with E-state index in [0.29, 0.717) is 43.3 Å². The SMILES string of the molecule is CC1(C)Cc2c(-c3cc(NC(=O)C4CCN(Cc5ccc6c(c5)C(=O)N(C5CCC(=O)NC5=O)C6=O)CC4)ncc3Cl)cnn2C1. The molecule has 6 heterocycles. The van der Waals surface area contributed by atoms with Crippen LogP contribution in [0, 0.1) is 11.3 Å². The smallest absolute Gasteiger partial charge is 0.262 e. The molecule has 4 aliphatic rings. The topological polar surface area (TPSA) is 147 Å². The van der Waals surface area contributed by atoms with Crippen LogP contribution >= 0.6 is 11.6 Å². The Morgan fingerprint density at radius 1 is 1.00 bits per heavy atom. The maximum Gasteiger partial charge on any atom is 0.262 e. The molecule has 4 aliphatic heterocycles. The zero-order chi connectivity index (χ0) is 32.3. The van der Waals surface area contributed by atoms with Gasteiger partial charge >= 0.3 is 0 Å². The Morgan fingerprint density at radius 3 is 2.52 bits per heavy atom. The summed E-state index contributed by atoms with van der Waals surface area (Å²) in [6.45, 7) is 7.19. The van der Waals surface area contributed by atoms with E-state index in [0.717, 1.165) is 40.2 Å². The second kappa shape index (κ2) is 11.4. The van der Waals surface area contributed by atoms with Gasteiger partial charge in [0.25, 0.3) is 11.8 Å². The minimum Gasteiger partial charge on any atom is -0.310 e. The third-order valence-electron chi connectivity index (χ3n) is 9.44. The average molecular weight is 644 g/mol. The van der Waals surface area contributed by atoms with Crippen molar-refractivity contribution in [2.24, 2.45) is 11.3 Å². The number of imide groups is 2.